The largest absolute Gasteiger partial charge is 0.384 e. The van der Waals surface area contributed by atoms with Crippen LogP contribution in [0.3, 0.4) is 0 Å². The predicted octanol–water partition coefficient (Wildman–Crippen LogP) is 5.57. The second-order valence-electron chi connectivity index (χ2n) is 9.82. The number of rotatable bonds is 7. The van der Waals surface area contributed by atoms with E-state index in [1.807, 2.05) is 26.0 Å². The summed E-state index contributed by atoms with van der Waals surface area (Å²) in [6.45, 7) is 7.62. The summed E-state index contributed by atoms with van der Waals surface area (Å²) in [5.74, 6) is -3.12. The minimum atomic E-state index is -3.43. The lowest BCUT2D eigenvalue weighted by molar-refractivity contribution is -0.168. The topological polar surface area (TPSA) is 87.6 Å². The molecule has 36 heavy (non-hydrogen) atoms. The van der Waals surface area contributed by atoms with Gasteiger partial charge in [-0.05, 0) is 58.4 Å². The second-order valence-corrected chi connectivity index (χ2v) is 10.4. The highest BCUT2D eigenvalue weighted by Crippen LogP contribution is 2.45. The molecule has 7 nitrogen and oxygen atoms in total. The van der Waals surface area contributed by atoms with E-state index in [-0.39, 0.29) is 11.5 Å². The van der Waals surface area contributed by atoms with Crippen LogP contribution in [0.2, 0.25) is 0 Å². The van der Waals surface area contributed by atoms with Gasteiger partial charge in [-0.25, -0.2) is 0 Å². The smallest absolute Gasteiger partial charge is 0.300 e. The molecule has 192 valence electrons. The van der Waals surface area contributed by atoms with Gasteiger partial charge in [-0.1, -0.05) is 40.8 Å². The second kappa shape index (κ2) is 9.14. The highest BCUT2D eigenvalue weighted by atomic mass is 127. The number of fused-ring (bicyclic) bond motifs is 2. The lowest BCUT2D eigenvalue weighted by atomic mass is 9.91. The van der Waals surface area contributed by atoms with Crippen LogP contribution < -0.4 is 10.2 Å². The molecule has 10 heteroatoms. The van der Waals surface area contributed by atoms with E-state index in [9.17, 15) is 18.7 Å². The summed E-state index contributed by atoms with van der Waals surface area (Å²) in [6, 6.07) is 9.38. The molecule has 1 aromatic heterocycles. The van der Waals surface area contributed by atoms with Crippen molar-refractivity contribution in [2.24, 2.45) is 0 Å². The number of anilines is 2. The standard InChI is InChI=1S/C26H29F2IN4O3/c1-14(16-8-7-9-17(10-16)26(27,28)24(3,4)35)30-22-19-12-21-20(11-18(19)15(2)31-32-22)25(5,36-13-29)23(34)33(21)6/h7-12,14,35H,13H2,1-6H3,(H,30,32)/t14-,25?/m1/s1. The van der Waals surface area contributed by atoms with E-state index in [1.165, 1.54) is 12.1 Å². The summed E-state index contributed by atoms with van der Waals surface area (Å²) < 4.78 is 35.8. The van der Waals surface area contributed by atoms with Crippen molar-refractivity contribution in [1.29, 1.82) is 0 Å². The third kappa shape index (κ3) is 4.22. The molecule has 2 heterocycles. The number of nitrogens with zero attached hydrogens (tertiary/aromatic N) is 3. The summed E-state index contributed by atoms with van der Waals surface area (Å²) in [4.78, 5) is 14.6. The number of amides is 1. The van der Waals surface area contributed by atoms with Gasteiger partial charge in [0, 0.05) is 28.9 Å². The number of hydrogen-bond donors (Lipinski definition) is 2. The molecule has 0 saturated carbocycles. The molecule has 0 radical (unpaired) electrons. The molecule has 3 aromatic rings. The minimum absolute atomic E-state index is 0.157. The monoisotopic (exact) mass is 610 g/mol. The Morgan fingerprint density at radius 2 is 1.92 bits per heavy atom. The molecular formula is C26H29F2IN4O3. The fraction of sp³-hybridized carbons (Fsp3) is 0.423. The number of carbonyl (C=O) groups excluding carboxylic acids is 1. The highest BCUT2D eigenvalue weighted by Gasteiger charge is 2.48. The van der Waals surface area contributed by atoms with Gasteiger partial charge in [0.15, 0.2) is 11.4 Å². The van der Waals surface area contributed by atoms with Crippen molar-refractivity contribution in [3.63, 3.8) is 0 Å². The van der Waals surface area contributed by atoms with Gasteiger partial charge >= 0.3 is 5.92 Å². The Hall–Kier alpha value is -2.44. The SMILES string of the molecule is Cc1nnc(N[C@H](C)c2cccc(C(F)(F)C(C)(C)O)c2)c2cc3c(cc12)C(C)(OCI)C(=O)N3C. The number of aromatic nitrogens is 2. The molecule has 1 aliphatic heterocycles. The maximum absolute atomic E-state index is 14.8. The van der Waals surface area contributed by atoms with E-state index in [2.05, 4.69) is 38.1 Å². The Morgan fingerprint density at radius 3 is 2.56 bits per heavy atom. The zero-order valence-corrected chi connectivity index (χ0v) is 23.1. The molecule has 1 aliphatic rings. The minimum Gasteiger partial charge on any atom is -0.384 e. The highest BCUT2D eigenvalue weighted by molar-refractivity contribution is 14.1. The molecule has 0 saturated heterocycles. The molecule has 4 rings (SSSR count). The van der Waals surface area contributed by atoms with Gasteiger partial charge in [-0.15, -0.1) is 5.10 Å². The first-order valence-corrected chi connectivity index (χ1v) is 13.0. The van der Waals surface area contributed by atoms with E-state index in [1.54, 1.807) is 31.0 Å². The molecule has 0 fully saturated rings. The van der Waals surface area contributed by atoms with Crippen LogP contribution in [0.15, 0.2) is 36.4 Å². The Kier molecular flexibility index (Phi) is 6.76. The first kappa shape index (κ1) is 26.6. The van der Waals surface area contributed by atoms with Crippen molar-refractivity contribution in [2.75, 3.05) is 21.9 Å². The zero-order chi connectivity index (χ0) is 26.6. The Labute approximate surface area is 222 Å². The third-order valence-corrected chi connectivity index (χ3v) is 7.19. The summed E-state index contributed by atoms with van der Waals surface area (Å²) in [7, 11) is 1.71. The Bertz CT molecular complexity index is 1340. The van der Waals surface area contributed by atoms with Crippen LogP contribution in [0.1, 0.15) is 56.1 Å². The van der Waals surface area contributed by atoms with Crippen LogP contribution in [0.25, 0.3) is 10.8 Å². The number of benzene rings is 2. The predicted molar refractivity (Wildman–Crippen MR) is 144 cm³/mol. The molecule has 2 N–H and O–H groups in total. The van der Waals surface area contributed by atoms with Crippen molar-refractivity contribution in [3.05, 3.63) is 58.8 Å². The van der Waals surface area contributed by atoms with Crippen LogP contribution in [0.5, 0.6) is 0 Å². The summed E-state index contributed by atoms with van der Waals surface area (Å²) in [5, 5.41) is 23.5. The van der Waals surface area contributed by atoms with Gasteiger partial charge in [0.1, 0.15) is 5.60 Å². The van der Waals surface area contributed by atoms with Crippen LogP contribution in [-0.4, -0.2) is 38.5 Å². The van der Waals surface area contributed by atoms with Crippen LogP contribution >= 0.6 is 22.6 Å². The maximum Gasteiger partial charge on any atom is 0.300 e. The average Bonchev–Trinajstić information content (AvgIpc) is 3.00. The number of likely N-dealkylation sites (N-methyl/N-ethyl adjacent to an activating group) is 1. The fourth-order valence-electron chi connectivity index (χ4n) is 4.52. The zero-order valence-electron chi connectivity index (χ0n) is 21.0. The third-order valence-electron chi connectivity index (χ3n) is 6.88. The van der Waals surface area contributed by atoms with Crippen molar-refractivity contribution in [3.8, 4) is 0 Å². The van der Waals surface area contributed by atoms with Crippen molar-refractivity contribution in [2.45, 2.75) is 57.8 Å². The van der Waals surface area contributed by atoms with Crippen molar-refractivity contribution >= 4 is 50.8 Å². The van der Waals surface area contributed by atoms with Crippen LogP contribution in [0.4, 0.5) is 20.3 Å². The maximum atomic E-state index is 14.8. The summed E-state index contributed by atoms with van der Waals surface area (Å²) in [5.41, 5.74) is -0.804. The van der Waals surface area contributed by atoms with Crippen LogP contribution in [-0.2, 0) is 21.1 Å². The van der Waals surface area contributed by atoms with Gasteiger partial charge in [-0.2, -0.15) is 13.9 Å². The van der Waals surface area contributed by atoms with Gasteiger partial charge < -0.3 is 20.1 Å². The summed E-state index contributed by atoms with van der Waals surface area (Å²) >= 11 is 2.08. The molecule has 2 aromatic carbocycles. The fourth-order valence-corrected chi connectivity index (χ4v) is 5.14. The first-order chi connectivity index (χ1) is 16.7. The van der Waals surface area contributed by atoms with Gasteiger partial charge in [0.05, 0.1) is 22.0 Å². The number of aliphatic hydroxyl groups is 1. The summed E-state index contributed by atoms with van der Waals surface area (Å²) in [6.07, 6.45) is 0. The number of carbonyl (C=O) groups is 1. The lowest BCUT2D eigenvalue weighted by Crippen LogP contribution is -2.40. The van der Waals surface area contributed by atoms with E-state index >= 15 is 0 Å². The number of halogens is 3. The van der Waals surface area contributed by atoms with Gasteiger partial charge in [0.2, 0.25) is 0 Å². The molecular weight excluding hydrogens is 581 g/mol. The van der Waals surface area contributed by atoms with Crippen molar-refractivity contribution < 1.29 is 23.4 Å². The van der Waals surface area contributed by atoms with E-state index < -0.39 is 23.2 Å². The lowest BCUT2D eigenvalue weighted by Gasteiger charge is -2.30. The number of aryl methyl sites for hydroxylation is 1. The Morgan fingerprint density at radius 1 is 1.22 bits per heavy atom. The molecule has 0 bridgehead atoms. The first-order valence-electron chi connectivity index (χ1n) is 11.5. The molecule has 1 unspecified atom stereocenters. The molecule has 0 spiro atoms. The number of ether oxygens (including phenoxy) is 1. The average molecular weight is 610 g/mol. The van der Waals surface area contributed by atoms with Crippen molar-refractivity contribution in [1.82, 2.24) is 10.2 Å². The number of hydrogen-bond acceptors (Lipinski definition) is 6. The van der Waals surface area contributed by atoms with E-state index in [0.717, 1.165) is 35.9 Å². The van der Waals surface area contributed by atoms with Gasteiger partial charge in [-0.3, -0.25) is 4.79 Å². The van der Waals surface area contributed by atoms with Crippen LogP contribution in [0, 0.1) is 6.92 Å². The van der Waals surface area contributed by atoms with E-state index in [0.29, 0.717) is 21.7 Å². The number of nitrogens with one attached hydrogen (secondary N) is 1. The van der Waals surface area contributed by atoms with E-state index in [4.69, 9.17) is 4.74 Å². The normalized spacial score (nSPS) is 19.1. The number of alkyl halides is 3. The molecule has 1 amide bonds. The Balaban J connectivity index is 1.76. The van der Waals surface area contributed by atoms with Gasteiger partial charge in [0.25, 0.3) is 5.91 Å². The molecule has 2 atom stereocenters. The quantitative estimate of drug-likeness (QED) is 0.269. The molecule has 0 aliphatic carbocycles.